The molecule has 0 saturated heterocycles. The minimum Gasteiger partial charge on any atom is -0.378 e. The van der Waals surface area contributed by atoms with Crippen molar-refractivity contribution in [3.05, 3.63) is 40.0 Å². The summed E-state index contributed by atoms with van der Waals surface area (Å²) in [5.74, 6) is -0.948. The number of hydrogen-bond acceptors (Lipinski definition) is 4. The third kappa shape index (κ3) is 3.54. The normalized spacial score (nSPS) is 10.7. The summed E-state index contributed by atoms with van der Waals surface area (Å²) in [5, 5.41) is 3.09. The molecule has 0 unspecified atom stereocenters. The molecule has 1 heterocycles. The highest BCUT2D eigenvalue weighted by Gasteiger charge is 2.14. The van der Waals surface area contributed by atoms with Gasteiger partial charge < -0.3 is 10.1 Å². The molecule has 0 aliphatic carbocycles. The molecule has 0 spiro atoms. The minimum atomic E-state index is -0.933. The van der Waals surface area contributed by atoms with Crippen LogP contribution >= 0.6 is 15.9 Å². The summed E-state index contributed by atoms with van der Waals surface area (Å²) in [4.78, 5) is 8.67. The fourth-order valence-corrected chi connectivity index (χ4v) is 2.21. The molecule has 0 amide bonds. The van der Waals surface area contributed by atoms with Gasteiger partial charge in [-0.2, -0.15) is 0 Å². The van der Waals surface area contributed by atoms with E-state index in [0.717, 1.165) is 12.1 Å². The van der Waals surface area contributed by atoms with Crippen LogP contribution in [0.4, 0.5) is 14.6 Å². The van der Waals surface area contributed by atoms with Crippen LogP contribution in [0, 0.1) is 11.6 Å². The third-order valence-electron chi connectivity index (χ3n) is 2.72. The van der Waals surface area contributed by atoms with Crippen molar-refractivity contribution in [1.29, 1.82) is 0 Å². The molecule has 0 radical (unpaired) electrons. The molecule has 0 bridgehead atoms. The van der Waals surface area contributed by atoms with E-state index in [2.05, 4.69) is 31.2 Å². The molecule has 0 aliphatic rings. The molecule has 0 aliphatic heterocycles. The number of aromatic nitrogens is 2. The zero-order valence-corrected chi connectivity index (χ0v) is 13.2. The number of nitrogens with one attached hydrogen (secondary N) is 1. The van der Waals surface area contributed by atoms with E-state index in [-0.39, 0.29) is 6.61 Å². The lowest BCUT2D eigenvalue weighted by molar-refractivity contribution is 0.181. The van der Waals surface area contributed by atoms with Gasteiger partial charge in [-0.25, -0.2) is 18.7 Å². The molecule has 0 fully saturated rings. The van der Waals surface area contributed by atoms with Crippen molar-refractivity contribution in [3.63, 3.8) is 0 Å². The lowest BCUT2D eigenvalue weighted by atomic mass is 10.2. The second-order valence-corrected chi connectivity index (χ2v) is 5.04. The van der Waals surface area contributed by atoms with Crippen molar-refractivity contribution < 1.29 is 13.5 Å². The van der Waals surface area contributed by atoms with Crippen LogP contribution in [0.25, 0.3) is 11.4 Å². The number of rotatable bonds is 5. The predicted molar refractivity (Wildman–Crippen MR) is 80.0 cm³/mol. The summed E-state index contributed by atoms with van der Waals surface area (Å²) < 4.78 is 32.2. The highest BCUT2D eigenvalue weighted by molar-refractivity contribution is 9.10. The molecule has 1 aromatic carbocycles. The first-order chi connectivity index (χ1) is 10.1. The third-order valence-corrected chi connectivity index (χ3v) is 3.56. The first kappa shape index (κ1) is 15.8. The maximum atomic E-state index is 13.4. The summed E-state index contributed by atoms with van der Waals surface area (Å²) in [5.41, 5.74) is 1.03. The Bertz CT molecular complexity index is 625. The van der Waals surface area contributed by atoms with Gasteiger partial charge in [-0.05, 0) is 41.1 Å². The summed E-state index contributed by atoms with van der Waals surface area (Å²) >= 11 is 3.41. The largest absolute Gasteiger partial charge is 0.378 e. The van der Waals surface area contributed by atoms with Crippen LogP contribution < -0.4 is 5.32 Å². The number of halogens is 3. The molecule has 0 atom stereocenters. The molecule has 112 valence electrons. The maximum Gasteiger partial charge on any atom is 0.162 e. The molecular weight excluding hydrogens is 344 g/mol. The average Bonchev–Trinajstić information content (AvgIpc) is 2.46. The van der Waals surface area contributed by atoms with Crippen LogP contribution in [0.3, 0.4) is 0 Å². The Balaban J connectivity index is 2.53. The fraction of sp³-hybridized carbons (Fsp3) is 0.286. The monoisotopic (exact) mass is 357 g/mol. The first-order valence-corrected chi connectivity index (χ1v) is 7.10. The van der Waals surface area contributed by atoms with Gasteiger partial charge in [0.1, 0.15) is 5.82 Å². The summed E-state index contributed by atoms with van der Waals surface area (Å²) in [7, 11) is 1.55. The number of anilines is 1. The lowest BCUT2D eigenvalue weighted by Gasteiger charge is -2.12. The number of methoxy groups -OCH3 is 1. The van der Waals surface area contributed by atoms with Gasteiger partial charge in [-0.15, -0.1) is 0 Å². The van der Waals surface area contributed by atoms with Crippen LogP contribution in [-0.4, -0.2) is 23.6 Å². The van der Waals surface area contributed by atoms with Crippen LogP contribution in [0.2, 0.25) is 0 Å². The van der Waals surface area contributed by atoms with Crippen molar-refractivity contribution in [2.45, 2.75) is 13.5 Å². The van der Waals surface area contributed by atoms with Gasteiger partial charge in [-0.3, -0.25) is 0 Å². The van der Waals surface area contributed by atoms with Crippen molar-refractivity contribution in [3.8, 4) is 11.4 Å². The maximum absolute atomic E-state index is 13.4. The summed E-state index contributed by atoms with van der Waals surface area (Å²) in [6.45, 7) is 2.87. The van der Waals surface area contributed by atoms with Gasteiger partial charge in [0.05, 0.1) is 16.8 Å². The molecule has 4 nitrogen and oxygen atoms in total. The van der Waals surface area contributed by atoms with E-state index in [9.17, 15) is 8.78 Å². The van der Waals surface area contributed by atoms with Gasteiger partial charge in [0.2, 0.25) is 0 Å². The van der Waals surface area contributed by atoms with Crippen LogP contribution in [0.1, 0.15) is 12.6 Å². The Morgan fingerprint density at radius 1 is 1.24 bits per heavy atom. The molecule has 1 aromatic heterocycles. The quantitative estimate of drug-likeness (QED) is 0.884. The SMILES string of the molecule is CCNc1nc(-c2ccc(F)c(F)c2)nc(COC)c1Br. The van der Waals surface area contributed by atoms with E-state index in [1.54, 1.807) is 7.11 Å². The predicted octanol–water partition coefficient (Wildman–Crippen LogP) is 3.76. The Hall–Kier alpha value is -1.60. The highest BCUT2D eigenvalue weighted by atomic mass is 79.9. The van der Waals surface area contributed by atoms with Gasteiger partial charge in [0, 0.05) is 19.2 Å². The van der Waals surface area contributed by atoms with E-state index < -0.39 is 11.6 Å². The van der Waals surface area contributed by atoms with Crippen LogP contribution in [0.5, 0.6) is 0 Å². The Morgan fingerprint density at radius 3 is 2.62 bits per heavy atom. The zero-order valence-electron chi connectivity index (χ0n) is 11.6. The van der Waals surface area contributed by atoms with E-state index in [4.69, 9.17) is 4.74 Å². The number of ether oxygens (including phenoxy) is 1. The molecule has 0 saturated carbocycles. The zero-order chi connectivity index (χ0) is 15.4. The smallest absolute Gasteiger partial charge is 0.162 e. The van der Waals surface area contributed by atoms with E-state index in [1.165, 1.54) is 6.07 Å². The second-order valence-electron chi connectivity index (χ2n) is 4.25. The number of benzene rings is 1. The van der Waals surface area contributed by atoms with Gasteiger partial charge in [0.15, 0.2) is 17.5 Å². The second kappa shape index (κ2) is 6.91. The fourth-order valence-electron chi connectivity index (χ4n) is 1.77. The highest BCUT2D eigenvalue weighted by Crippen LogP contribution is 2.28. The Morgan fingerprint density at radius 2 is 2.00 bits per heavy atom. The lowest BCUT2D eigenvalue weighted by Crippen LogP contribution is -2.07. The van der Waals surface area contributed by atoms with Gasteiger partial charge in [-0.1, -0.05) is 0 Å². The first-order valence-electron chi connectivity index (χ1n) is 6.31. The molecule has 2 aromatic rings. The van der Waals surface area contributed by atoms with Crippen molar-refractivity contribution in [2.24, 2.45) is 0 Å². The van der Waals surface area contributed by atoms with E-state index in [1.807, 2.05) is 6.92 Å². The summed E-state index contributed by atoms with van der Waals surface area (Å²) in [6.07, 6.45) is 0. The molecular formula is C14H14BrF2N3O. The number of nitrogens with zero attached hydrogens (tertiary/aromatic N) is 2. The van der Waals surface area contributed by atoms with Crippen molar-refractivity contribution >= 4 is 21.7 Å². The Kier molecular flexibility index (Phi) is 5.19. The number of hydrogen-bond donors (Lipinski definition) is 1. The molecule has 21 heavy (non-hydrogen) atoms. The topological polar surface area (TPSA) is 47.0 Å². The average molecular weight is 358 g/mol. The van der Waals surface area contributed by atoms with Gasteiger partial charge >= 0.3 is 0 Å². The molecule has 2 rings (SSSR count). The minimum absolute atomic E-state index is 0.276. The van der Waals surface area contributed by atoms with E-state index in [0.29, 0.717) is 33.9 Å². The van der Waals surface area contributed by atoms with Crippen molar-refractivity contribution in [2.75, 3.05) is 19.0 Å². The molecule has 1 N–H and O–H groups in total. The van der Waals surface area contributed by atoms with Gasteiger partial charge in [0.25, 0.3) is 0 Å². The Labute approximate surface area is 129 Å². The van der Waals surface area contributed by atoms with E-state index >= 15 is 0 Å². The summed E-state index contributed by atoms with van der Waals surface area (Å²) in [6, 6.07) is 3.57. The molecule has 7 heteroatoms. The standard InChI is InChI=1S/C14H14BrF2N3O/c1-3-18-14-12(15)11(7-21-2)19-13(20-14)8-4-5-9(16)10(17)6-8/h4-6H,3,7H2,1-2H3,(H,18,19,20). The van der Waals surface area contributed by atoms with Crippen molar-refractivity contribution in [1.82, 2.24) is 9.97 Å². The van der Waals surface area contributed by atoms with Crippen LogP contribution in [0.15, 0.2) is 22.7 Å². The van der Waals surface area contributed by atoms with Crippen LogP contribution in [-0.2, 0) is 11.3 Å².